The minimum atomic E-state index is 0.813. The van der Waals surface area contributed by atoms with Gasteiger partial charge in [0, 0.05) is 3.58 Å². The normalized spacial score (nSPS) is 29.0. The molecule has 1 aromatic carbocycles. The molecule has 2 aliphatic carbocycles. The van der Waals surface area contributed by atoms with E-state index in [-0.39, 0.29) is 0 Å². The number of rotatable bonds is 0. The first-order chi connectivity index (χ1) is 7.36. The molecule has 0 nitrogen and oxygen atoms in total. The maximum Gasteiger partial charge on any atom is 0.0168 e. The first-order valence-electron chi connectivity index (χ1n) is 5.83. The molecule has 0 spiro atoms. The molecule has 0 amide bonds. The molecule has 1 heteroatoms. The van der Waals surface area contributed by atoms with Crippen molar-refractivity contribution in [3.8, 4) is 0 Å². The van der Waals surface area contributed by atoms with Crippen LogP contribution in [-0.2, 0) is 0 Å². The molecule has 1 aromatic rings. The molecule has 2 aliphatic rings. The molecular formula is C14H15I. The Kier molecular flexibility index (Phi) is 2.59. The van der Waals surface area contributed by atoms with Gasteiger partial charge in [0.2, 0.25) is 0 Å². The van der Waals surface area contributed by atoms with Crippen molar-refractivity contribution in [1.29, 1.82) is 0 Å². The third-order valence-corrected chi connectivity index (χ3v) is 4.74. The van der Waals surface area contributed by atoms with Crippen LogP contribution >= 0.6 is 22.6 Å². The van der Waals surface area contributed by atoms with Gasteiger partial charge in [-0.1, -0.05) is 43.2 Å². The summed E-state index contributed by atoms with van der Waals surface area (Å²) in [4.78, 5) is 0. The summed E-state index contributed by atoms with van der Waals surface area (Å²) in [5.74, 6) is 1.63. The van der Waals surface area contributed by atoms with E-state index in [2.05, 4.69) is 52.9 Å². The molecule has 0 bridgehead atoms. The Labute approximate surface area is 105 Å². The highest BCUT2D eigenvalue weighted by Gasteiger charge is 2.30. The second-order valence-corrected chi connectivity index (χ2v) is 5.82. The first-order valence-corrected chi connectivity index (χ1v) is 6.91. The van der Waals surface area contributed by atoms with Gasteiger partial charge in [-0.3, -0.25) is 0 Å². The number of allylic oxidation sites excluding steroid dienone is 1. The summed E-state index contributed by atoms with van der Waals surface area (Å²) in [6.45, 7) is 0. The Morgan fingerprint density at radius 2 is 1.87 bits per heavy atom. The van der Waals surface area contributed by atoms with E-state index in [4.69, 9.17) is 0 Å². The van der Waals surface area contributed by atoms with Gasteiger partial charge in [0.25, 0.3) is 0 Å². The van der Waals surface area contributed by atoms with E-state index in [0.717, 1.165) is 11.8 Å². The Balaban J connectivity index is 2.10. The molecule has 0 N–H and O–H groups in total. The summed E-state index contributed by atoms with van der Waals surface area (Å²) >= 11 is 2.50. The third kappa shape index (κ3) is 1.65. The molecule has 3 rings (SSSR count). The van der Waals surface area contributed by atoms with Gasteiger partial charge in [0.1, 0.15) is 0 Å². The van der Waals surface area contributed by atoms with Gasteiger partial charge in [-0.25, -0.2) is 0 Å². The summed E-state index contributed by atoms with van der Waals surface area (Å²) < 4.78 is 1.46. The fourth-order valence-corrected chi connectivity index (χ4v) is 4.01. The predicted octanol–water partition coefficient (Wildman–Crippen LogP) is 4.75. The largest absolute Gasteiger partial charge is 0.0668 e. The summed E-state index contributed by atoms with van der Waals surface area (Å²) in [6, 6.07) is 8.97. The molecule has 1 saturated carbocycles. The van der Waals surface area contributed by atoms with Gasteiger partial charge in [-0.05, 0) is 58.4 Å². The lowest BCUT2D eigenvalue weighted by Gasteiger charge is -2.34. The molecule has 2 unspecified atom stereocenters. The molecule has 1 fully saturated rings. The fourth-order valence-electron chi connectivity index (χ4n) is 3.06. The summed E-state index contributed by atoms with van der Waals surface area (Å²) in [5.41, 5.74) is 3.09. The van der Waals surface area contributed by atoms with Crippen molar-refractivity contribution >= 4 is 26.2 Å². The van der Waals surface area contributed by atoms with Gasteiger partial charge in [0.05, 0.1) is 0 Å². The average Bonchev–Trinajstić information content (AvgIpc) is 2.30. The molecule has 0 aliphatic heterocycles. The fraction of sp³-hybridized carbons (Fsp3) is 0.429. The third-order valence-electron chi connectivity index (χ3n) is 3.80. The SMILES string of the molecule is IC1=CC2CCCCC2c2ccccc21. The van der Waals surface area contributed by atoms with Crippen molar-refractivity contribution < 1.29 is 0 Å². The molecule has 0 aromatic heterocycles. The standard InChI is InChI=1S/C14H15I/c15-14-9-10-5-1-2-6-11(10)12-7-3-4-8-13(12)14/h3-4,7-11H,1-2,5-6H2. The molecule has 15 heavy (non-hydrogen) atoms. The lowest BCUT2D eigenvalue weighted by atomic mass is 9.71. The van der Waals surface area contributed by atoms with Crippen molar-refractivity contribution in [1.82, 2.24) is 0 Å². The Hall–Kier alpha value is -0.310. The Morgan fingerprint density at radius 3 is 2.80 bits per heavy atom. The van der Waals surface area contributed by atoms with Crippen molar-refractivity contribution in [2.24, 2.45) is 5.92 Å². The first kappa shape index (κ1) is 9.88. The van der Waals surface area contributed by atoms with Crippen molar-refractivity contribution in [3.05, 3.63) is 41.5 Å². The lowest BCUT2D eigenvalue weighted by Crippen LogP contribution is -2.20. The second kappa shape index (κ2) is 3.93. The lowest BCUT2D eigenvalue weighted by molar-refractivity contribution is 0.359. The molecule has 78 valence electrons. The average molecular weight is 310 g/mol. The van der Waals surface area contributed by atoms with Crippen LogP contribution < -0.4 is 0 Å². The highest BCUT2D eigenvalue weighted by Crippen LogP contribution is 2.47. The summed E-state index contributed by atoms with van der Waals surface area (Å²) in [5, 5.41) is 0. The van der Waals surface area contributed by atoms with Crippen molar-refractivity contribution in [2.45, 2.75) is 31.6 Å². The highest BCUT2D eigenvalue weighted by atomic mass is 127. The molecule has 2 atom stereocenters. The summed E-state index contributed by atoms with van der Waals surface area (Å²) in [7, 11) is 0. The van der Waals surface area contributed by atoms with E-state index in [1.807, 2.05) is 0 Å². The van der Waals surface area contributed by atoms with Crippen LogP contribution in [-0.4, -0.2) is 0 Å². The van der Waals surface area contributed by atoms with E-state index >= 15 is 0 Å². The van der Waals surface area contributed by atoms with Gasteiger partial charge in [0.15, 0.2) is 0 Å². The van der Waals surface area contributed by atoms with Crippen LogP contribution in [0.3, 0.4) is 0 Å². The van der Waals surface area contributed by atoms with Crippen LogP contribution in [0.4, 0.5) is 0 Å². The number of benzene rings is 1. The number of hydrogen-bond donors (Lipinski definition) is 0. The van der Waals surface area contributed by atoms with Crippen molar-refractivity contribution in [3.63, 3.8) is 0 Å². The minimum Gasteiger partial charge on any atom is -0.0668 e. The predicted molar refractivity (Wildman–Crippen MR) is 73.1 cm³/mol. The van der Waals surface area contributed by atoms with Crippen molar-refractivity contribution in [2.75, 3.05) is 0 Å². The Bertz CT molecular complexity index is 406. The van der Waals surface area contributed by atoms with Gasteiger partial charge >= 0.3 is 0 Å². The van der Waals surface area contributed by atoms with Crippen LogP contribution in [0.15, 0.2) is 30.3 Å². The zero-order chi connectivity index (χ0) is 10.3. The Morgan fingerprint density at radius 1 is 1.07 bits per heavy atom. The molecular weight excluding hydrogens is 295 g/mol. The quantitative estimate of drug-likeness (QED) is 0.607. The number of halogens is 1. The highest BCUT2D eigenvalue weighted by molar-refractivity contribution is 14.1. The topological polar surface area (TPSA) is 0 Å². The minimum absolute atomic E-state index is 0.813. The van der Waals surface area contributed by atoms with Gasteiger partial charge in [-0.2, -0.15) is 0 Å². The van der Waals surface area contributed by atoms with E-state index in [9.17, 15) is 0 Å². The smallest absolute Gasteiger partial charge is 0.0168 e. The van der Waals surface area contributed by atoms with Gasteiger partial charge in [-0.15, -0.1) is 0 Å². The molecule has 0 heterocycles. The number of hydrogen-bond acceptors (Lipinski definition) is 0. The van der Waals surface area contributed by atoms with Crippen LogP contribution in [0.2, 0.25) is 0 Å². The maximum atomic E-state index is 2.51. The number of fused-ring (bicyclic) bond motifs is 3. The summed E-state index contributed by atoms with van der Waals surface area (Å²) in [6.07, 6.45) is 8.13. The van der Waals surface area contributed by atoms with Crippen LogP contribution in [0.25, 0.3) is 3.58 Å². The van der Waals surface area contributed by atoms with E-state index in [1.54, 1.807) is 5.56 Å². The van der Waals surface area contributed by atoms with Crippen LogP contribution in [0.1, 0.15) is 42.7 Å². The van der Waals surface area contributed by atoms with E-state index < -0.39 is 0 Å². The molecule has 0 saturated heterocycles. The van der Waals surface area contributed by atoms with Gasteiger partial charge < -0.3 is 0 Å². The van der Waals surface area contributed by atoms with E-state index in [0.29, 0.717) is 0 Å². The molecule has 0 radical (unpaired) electrons. The van der Waals surface area contributed by atoms with Crippen LogP contribution in [0.5, 0.6) is 0 Å². The van der Waals surface area contributed by atoms with E-state index in [1.165, 1.54) is 34.8 Å². The second-order valence-electron chi connectivity index (χ2n) is 4.66. The zero-order valence-electron chi connectivity index (χ0n) is 8.75. The zero-order valence-corrected chi connectivity index (χ0v) is 10.9. The maximum absolute atomic E-state index is 2.51. The van der Waals surface area contributed by atoms with Crippen LogP contribution in [0, 0.1) is 5.92 Å². The monoisotopic (exact) mass is 310 g/mol.